The number of amides is 1. The van der Waals surface area contributed by atoms with E-state index < -0.39 is 5.82 Å². The molecular weight excluding hydrogens is 241 g/mol. The average molecular weight is 256 g/mol. The molecule has 1 fully saturated rings. The van der Waals surface area contributed by atoms with Crippen molar-refractivity contribution in [1.82, 2.24) is 5.32 Å². The first-order valence-corrected chi connectivity index (χ1v) is 6.20. The van der Waals surface area contributed by atoms with Gasteiger partial charge in [0.1, 0.15) is 0 Å². The Morgan fingerprint density at radius 3 is 2.88 bits per heavy atom. The number of benzene rings is 1. The Kier molecular flexibility index (Phi) is 3.67. The van der Waals surface area contributed by atoms with Crippen molar-refractivity contribution < 1.29 is 9.18 Å². The van der Waals surface area contributed by atoms with Crippen molar-refractivity contribution in [1.29, 1.82) is 0 Å². The number of hydrogen-bond acceptors (Lipinski definition) is 1. The van der Waals surface area contributed by atoms with Crippen molar-refractivity contribution in [2.45, 2.75) is 32.2 Å². The Morgan fingerprint density at radius 1 is 1.47 bits per heavy atom. The molecule has 0 aromatic heterocycles. The highest BCUT2D eigenvalue weighted by molar-refractivity contribution is 6.31. The van der Waals surface area contributed by atoms with Gasteiger partial charge in [-0.25, -0.2) is 4.39 Å². The van der Waals surface area contributed by atoms with Crippen LogP contribution in [0.1, 0.15) is 36.5 Å². The highest BCUT2D eigenvalue weighted by Crippen LogP contribution is 2.25. The number of rotatable bonds is 2. The van der Waals surface area contributed by atoms with E-state index in [2.05, 4.69) is 12.2 Å². The Bertz CT molecular complexity index is 435. The largest absolute Gasteiger partial charge is 0.349 e. The molecule has 2 nitrogen and oxygen atoms in total. The minimum absolute atomic E-state index is 0.0163. The van der Waals surface area contributed by atoms with E-state index >= 15 is 0 Å². The lowest BCUT2D eigenvalue weighted by Gasteiger charge is -2.13. The van der Waals surface area contributed by atoms with E-state index in [9.17, 15) is 9.18 Å². The molecule has 1 aliphatic carbocycles. The molecule has 2 rings (SSSR count). The van der Waals surface area contributed by atoms with Crippen LogP contribution in [0.25, 0.3) is 0 Å². The van der Waals surface area contributed by atoms with Crippen LogP contribution < -0.4 is 5.32 Å². The molecule has 92 valence electrons. The lowest BCUT2D eigenvalue weighted by atomic mass is 10.1. The molecule has 1 aliphatic rings. The summed E-state index contributed by atoms with van der Waals surface area (Å²) in [6.45, 7) is 2.16. The summed E-state index contributed by atoms with van der Waals surface area (Å²) in [7, 11) is 0. The minimum Gasteiger partial charge on any atom is -0.349 e. The average Bonchev–Trinajstić information content (AvgIpc) is 2.68. The van der Waals surface area contributed by atoms with E-state index in [1.807, 2.05) is 0 Å². The van der Waals surface area contributed by atoms with E-state index in [1.54, 1.807) is 6.07 Å². The molecule has 0 bridgehead atoms. The molecular formula is C13H15ClFNO. The van der Waals surface area contributed by atoms with E-state index in [1.165, 1.54) is 12.1 Å². The summed E-state index contributed by atoms with van der Waals surface area (Å²) < 4.78 is 13.6. The normalized spacial score (nSPS) is 23.7. The first-order chi connectivity index (χ1) is 8.08. The zero-order valence-electron chi connectivity index (χ0n) is 9.67. The third-order valence-corrected chi connectivity index (χ3v) is 3.52. The SMILES string of the molecule is CC1CCC(NC(=O)c2cccc(Cl)c2F)C1. The molecule has 1 N–H and O–H groups in total. The van der Waals surface area contributed by atoms with Gasteiger partial charge in [0.2, 0.25) is 0 Å². The maximum absolute atomic E-state index is 13.6. The number of carbonyl (C=O) groups is 1. The molecule has 1 saturated carbocycles. The summed E-state index contributed by atoms with van der Waals surface area (Å²) in [4.78, 5) is 11.9. The van der Waals surface area contributed by atoms with Crippen molar-refractivity contribution in [3.8, 4) is 0 Å². The summed E-state index contributed by atoms with van der Waals surface area (Å²) in [5, 5.41) is 2.84. The lowest BCUT2D eigenvalue weighted by Crippen LogP contribution is -2.33. The van der Waals surface area contributed by atoms with E-state index in [0.29, 0.717) is 5.92 Å². The fourth-order valence-electron chi connectivity index (χ4n) is 2.28. The molecule has 1 amide bonds. The molecule has 0 spiro atoms. The summed E-state index contributed by atoms with van der Waals surface area (Å²) in [5.41, 5.74) is 0.0250. The molecule has 1 aromatic rings. The molecule has 17 heavy (non-hydrogen) atoms. The van der Waals surface area contributed by atoms with Gasteiger partial charge < -0.3 is 5.32 Å². The fourth-order valence-corrected chi connectivity index (χ4v) is 2.46. The Balaban J connectivity index is 2.07. The van der Waals surface area contributed by atoms with Crippen LogP contribution in [0.3, 0.4) is 0 Å². The quantitative estimate of drug-likeness (QED) is 0.862. The molecule has 0 heterocycles. The van der Waals surface area contributed by atoms with Gasteiger partial charge in [-0.1, -0.05) is 24.6 Å². The molecule has 0 radical (unpaired) electrons. The van der Waals surface area contributed by atoms with Crippen LogP contribution in [0.15, 0.2) is 18.2 Å². The van der Waals surface area contributed by atoms with Gasteiger partial charge >= 0.3 is 0 Å². The first-order valence-electron chi connectivity index (χ1n) is 5.83. The van der Waals surface area contributed by atoms with Gasteiger partial charge in [0.15, 0.2) is 5.82 Å². The van der Waals surface area contributed by atoms with Crippen LogP contribution >= 0.6 is 11.6 Å². The van der Waals surface area contributed by atoms with Crippen molar-refractivity contribution in [3.63, 3.8) is 0 Å². The third kappa shape index (κ3) is 2.78. The topological polar surface area (TPSA) is 29.1 Å². The molecule has 1 aromatic carbocycles. The predicted octanol–water partition coefficient (Wildman–Crippen LogP) is 3.40. The first kappa shape index (κ1) is 12.4. The van der Waals surface area contributed by atoms with E-state index in [0.717, 1.165) is 19.3 Å². The van der Waals surface area contributed by atoms with E-state index in [-0.39, 0.29) is 22.5 Å². The van der Waals surface area contributed by atoms with Crippen LogP contribution in [-0.2, 0) is 0 Å². The van der Waals surface area contributed by atoms with Crippen LogP contribution in [0.4, 0.5) is 4.39 Å². The second-order valence-corrected chi connectivity index (χ2v) is 5.10. The standard InChI is InChI=1S/C13H15ClFNO/c1-8-5-6-9(7-8)16-13(17)10-3-2-4-11(14)12(10)15/h2-4,8-9H,5-7H2,1H3,(H,16,17). The summed E-state index contributed by atoms with van der Waals surface area (Å²) in [6, 6.07) is 4.63. The summed E-state index contributed by atoms with van der Waals surface area (Å²) in [5.74, 6) is -0.383. The summed E-state index contributed by atoms with van der Waals surface area (Å²) in [6.07, 6.45) is 3.05. The van der Waals surface area contributed by atoms with Gasteiger partial charge in [0.05, 0.1) is 10.6 Å². The molecule has 0 saturated heterocycles. The Hall–Kier alpha value is -1.09. The number of hydrogen-bond donors (Lipinski definition) is 1. The lowest BCUT2D eigenvalue weighted by molar-refractivity contribution is 0.0933. The Labute approximate surface area is 105 Å². The highest BCUT2D eigenvalue weighted by Gasteiger charge is 2.24. The van der Waals surface area contributed by atoms with Crippen LogP contribution in [0.2, 0.25) is 5.02 Å². The van der Waals surface area contributed by atoms with Gasteiger partial charge in [0.25, 0.3) is 5.91 Å². The van der Waals surface area contributed by atoms with Gasteiger partial charge in [-0.2, -0.15) is 0 Å². The maximum atomic E-state index is 13.6. The van der Waals surface area contributed by atoms with Crippen molar-refractivity contribution >= 4 is 17.5 Å². The number of nitrogens with one attached hydrogen (secondary N) is 1. The number of carbonyl (C=O) groups excluding carboxylic acids is 1. The third-order valence-electron chi connectivity index (χ3n) is 3.23. The molecule has 2 atom stereocenters. The summed E-state index contributed by atoms with van der Waals surface area (Å²) >= 11 is 5.64. The minimum atomic E-state index is -0.641. The molecule has 2 unspecified atom stereocenters. The fraction of sp³-hybridized carbons (Fsp3) is 0.462. The van der Waals surface area contributed by atoms with Crippen LogP contribution in [0.5, 0.6) is 0 Å². The van der Waals surface area contributed by atoms with Gasteiger partial charge in [0, 0.05) is 6.04 Å². The zero-order chi connectivity index (χ0) is 12.4. The predicted molar refractivity (Wildman–Crippen MR) is 65.7 cm³/mol. The van der Waals surface area contributed by atoms with Crippen LogP contribution in [-0.4, -0.2) is 11.9 Å². The molecule has 4 heteroatoms. The maximum Gasteiger partial charge on any atom is 0.254 e. The van der Waals surface area contributed by atoms with Crippen molar-refractivity contribution in [3.05, 3.63) is 34.6 Å². The second-order valence-electron chi connectivity index (χ2n) is 4.69. The highest BCUT2D eigenvalue weighted by atomic mass is 35.5. The van der Waals surface area contributed by atoms with Crippen molar-refractivity contribution in [2.75, 3.05) is 0 Å². The molecule has 0 aliphatic heterocycles. The van der Waals surface area contributed by atoms with Gasteiger partial charge in [-0.15, -0.1) is 0 Å². The van der Waals surface area contributed by atoms with Gasteiger partial charge in [-0.3, -0.25) is 4.79 Å². The smallest absolute Gasteiger partial charge is 0.254 e. The van der Waals surface area contributed by atoms with Crippen LogP contribution in [0, 0.1) is 11.7 Å². The monoisotopic (exact) mass is 255 g/mol. The second kappa shape index (κ2) is 5.05. The van der Waals surface area contributed by atoms with Crippen molar-refractivity contribution in [2.24, 2.45) is 5.92 Å². The zero-order valence-corrected chi connectivity index (χ0v) is 10.4. The van der Waals surface area contributed by atoms with E-state index in [4.69, 9.17) is 11.6 Å². The van der Waals surface area contributed by atoms with Gasteiger partial charge in [-0.05, 0) is 37.3 Å². The Morgan fingerprint density at radius 2 is 2.24 bits per heavy atom. The number of halogens is 2.